The maximum Gasteiger partial charge on any atom is 0.222 e. The Hall–Kier alpha value is -1.89. The lowest BCUT2D eigenvalue weighted by atomic mass is 10.0. The second-order valence-corrected chi connectivity index (χ2v) is 8.17. The van der Waals surface area contributed by atoms with E-state index in [1.54, 1.807) is 0 Å². The van der Waals surface area contributed by atoms with Crippen LogP contribution in [0.15, 0.2) is 30.3 Å². The summed E-state index contributed by atoms with van der Waals surface area (Å²) in [7, 11) is -2.93. The van der Waals surface area contributed by atoms with Gasteiger partial charge in [0.25, 0.3) is 0 Å². The van der Waals surface area contributed by atoms with Gasteiger partial charge in [0.1, 0.15) is 0 Å². The summed E-state index contributed by atoms with van der Waals surface area (Å²) in [6.07, 6.45) is 0.722. The van der Waals surface area contributed by atoms with Crippen LogP contribution in [0.4, 0.5) is 0 Å². The minimum Gasteiger partial charge on any atom is -0.356 e. The largest absolute Gasteiger partial charge is 0.356 e. The number of carbonyl (C=O) groups excluding carboxylic acids is 2. The third-order valence-corrected chi connectivity index (χ3v) is 5.72. The molecule has 0 radical (unpaired) electrons. The fourth-order valence-electron chi connectivity index (χ4n) is 2.73. The zero-order chi connectivity index (χ0) is 16.9. The summed E-state index contributed by atoms with van der Waals surface area (Å²) in [5, 5.41) is 5.55. The van der Waals surface area contributed by atoms with E-state index in [1.807, 2.05) is 30.3 Å². The van der Waals surface area contributed by atoms with Gasteiger partial charge in [-0.05, 0) is 17.9 Å². The Morgan fingerprint density at radius 3 is 2.52 bits per heavy atom. The van der Waals surface area contributed by atoms with Gasteiger partial charge in [-0.15, -0.1) is 0 Å². The Kier molecular flexibility index (Phi) is 5.76. The van der Waals surface area contributed by atoms with Crippen molar-refractivity contribution >= 4 is 21.7 Å². The quantitative estimate of drug-likeness (QED) is 0.803. The molecule has 2 N–H and O–H groups in total. The van der Waals surface area contributed by atoms with Crippen LogP contribution < -0.4 is 10.6 Å². The van der Waals surface area contributed by atoms with Gasteiger partial charge in [0.2, 0.25) is 11.8 Å². The van der Waals surface area contributed by atoms with Crippen molar-refractivity contribution in [2.75, 3.05) is 18.1 Å². The summed E-state index contributed by atoms with van der Waals surface area (Å²) in [6, 6.07) is 8.90. The highest BCUT2D eigenvalue weighted by Crippen LogP contribution is 2.19. The topological polar surface area (TPSA) is 92.3 Å². The molecule has 0 bridgehead atoms. The van der Waals surface area contributed by atoms with Crippen molar-refractivity contribution in [1.82, 2.24) is 10.6 Å². The summed E-state index contributed by atoms with van der Waals surface area (Å²) < 4.78 is 22.8. The van der Waals surface area contributed by atoms with Gasteiger partial charge in [0, 0.05) is 13.5 Å². The fourth-order valence-corrected chi connectivity index (χ4v) is 4.59. The Morgan fingerprint density at radius 1 is 1.26 bits per heavy atom. The lowest BCUT2D eigenvalue weighted by Gasteiger charge is -2.18. The van der Waals surface area contributed by atoms with E-state index >= 15 is 0 Å². The molecule has 2 amide bonds. The summed E-state index contributed by atoms with van der Waals surface area (Å²) in [5.41, 5.74) is 0.862. The first-order valence-corrected chi connectivity index (χ1v) is 9.47. The molecule has 2 rings (SSSR count). The van der Waals surface area contributed by atoms with Crippen molar-refractivity contribution in [3.63, 3.8) is 0 Å². The van der Waals surface area contributed by atoms with Gasteiger partial charge in [-0.2, -0.15) is 0 Å². The fraction of sp³-hybridized carbons (Fsp3) is 0.500. The number of hydrogen-bond acceptors (Lipinski definition) is 4. The van der Waals surface area contributed by atoms with Gasteiger partial charge in [-0.1, -0.05) is 30.3 Å². The van der Waals surface area contributed by atoms with Gasteiger partial charge in [-0.25, -0.2) is 8.42 Å². The molecule has 0 aliphatic carbocycles. The molecule has 0 spiro atoms. The molecule has 1 heterocycles. The normalized spacial score (nSPS) is 20.7. The highest BCUT2D eigenvalue weighted by molar-refractivity contribution is 7.91. The van der Waals surface area contributed by atoms with Gasteiger partial charge < -0.3 is 10.6 Å². The van der Waals surface area contributed by atoms with Crippen molar-refractivity contribution in [3.05, 3.63) is 35.9 Å². The van der Waals surface area contributed by atoms with Crippen molar-refractivity contribution in [3.8, 4) is 0 Å². The van der Waals surface area contributed by atoms with E-state index in [1.165, 1.54) is 6.92 Å². The van der Waals surface area contributed by atoms with Crippen molar-refractivity contribution in [2.24, 2.45) is 5.92 Å². The highest BCUT2D eigenvalue weighted by Gasteiger charge is 2.28. The molecular formula is C16H22N2O4S. The second-order valence-electron chi connectivity index (χ2n) is 5.94. The van der Waals surface area contributed by atoms with Crippen molar-refractivity contribution < 1.29 is 18.0 Å². The van der Waals surface area contributed by atoms with Crippen LogP contribution in [0, 0.1) is 5.92 Å². The summed E-state index contributed by atoms with van der Waals surface area (Å²) in [4.78, 5) is 23.5. The number of sulfone groups is 1. The number of amides is 2. The third-order valence-electron chi connectivity index (χ3n) is 3.88. The standard InChI is InChI=1S/C16H22N2O4S/c1-12(19)18-15(14-5-3-2-4-6-14)9-16(20)17-10-13-7-8-23(21,22)11-13/h2-6,13,15H,7-11H2,1H3,(H,17,20)(H,18,19)/t13-,15+/m0/s1. The van der Waals surface area contributed by atoms with Crippen LogP contribution in [0.5, 0.6) is 0 Å². The van der Waals surface area contributed by atoms with E-state index in [2.05, 4.69) is 10.6 Å². The van der Waals surface area contributed by atoms with E-state index in [0.29, 0.717) is 13.0 Å². The molecule has 7 heteroatoms. The summed E-state index contributed by atoms with van der Waals surface area (Å²) in [5.74, 6) is -0.0713. The average Bonchev–Trinajstić information content (AvgIpc) is 2.84. The van der Waals surface area contributed by atoms with Crippen LogP contribution in [0.3, 0.4) is 0 Å². The second kappa shape index (κ2) is 7.59. The molecule has 126 valence electrons. The molecular weight excluding hydrogens is 316 g/mol. The van der Waals surface area contributed by atoms with E-state index in [-0.39, 0.29) is 41.7 Å². The van der Waals surface area contributed by atoms with Crippen LogP contribution in [-0.4, -0.2) is 38.3 Å². The van der Waals surface area contributed by atoms with E-state index < -0.39 is 9.84 Å². The first-order chi connectivity index (χ1) is 10.9. The monoisotopic (exact) mass is 338 g/mol. The molecule has 1 aliphatic rings. The average molecular weight is 338 g/mol. The molecule has 0 saturated carbocycles. The first-order valence-electron chi connectivity index (χ1n) is 7.65. The Labute approximate surface area is 136 Å². The van der Waals surface area contributed by atoms with Crippen LogP contribution in [-0.2, 0) is 19.4 Å². The smallest absolute Gasteiger partial charge is 0.222 e. The van der Waals surface area contributed by atoms with Crippen LogP contribution >= 0.6 is 0 Å². The molecule has 6 nitrogen and oxygen atoms in total. The zero-order valence-corrected chi connectivity index (χ0v) is 13.9. The molecule has 1 saturated heterocycles. The van der Waals surface area contributed by atoms with Crippen molar-refractivity contribution in [1.29, 1.82) is 0 Å². The molecule has 1 fully saturated rings. The number of hydrogen-bond donors (Lipinski definition) is 2. The highest BCUT2D eigenvalue weighted by atomic mass is 32.2. The molecule has 0 aromatic heterocycles. The minimum absolute atomic E-state index is 0.0140. The lowest BCUT2D eigenvalue weighted by molar-refractivity contribution is -0.122. The SMILES string of the molecule is CC(=O)N[C@H](CC(=O)NC[C@@H]1CCS(=O)(=O)C1)c1ccccc1. The van der Waals surface area contributed by atoms with Gasteiger partial charge in [0.15, 0.2) is 9.84 Å². The number of rotatable bonds is 6. The van der Waals surface area contributed by atoms with Crippen molar-refractivity contribution in [2.45, 2.75) is 25.8 Å². The summed E-state index contributed by atoms with van der Waals surface area (Å²) >= 11 is 0. The van der Waals surface area contributed by atoms with E-state index in [0.717, 1.165) is 5.56 Å². The first kappa shape index (κ1) is 17.5. The predicted molar refractivity (Wildman–Crippen MR) is 87.4 cm³/mol. The molecule has 2 atom stereocenters. The maximum absolute atomic E-state index is 12.1. The number of carbonyl (C=O) groups is 2. The Bertz CT molecular complexity index is 658. The predicted octanol–water partition coefficient (Wildman–Crippen LogP) is 0.805. The van der Waals surface area contributed by atoms with Crippen LogP contribution in [0.2, 0.25) is 0 Å². The van der Waals surface area contributed by atoms with E-state index in [4.69, 9.17) is 0 Å². The number of nitrogens with one attached hydrogen (secondary N) is 2. The Balaban J connectivity index is 1.89. The van der Waals surface area contributed by atoms with E-state index in [9.17, 15) is 18.0 Å². The third kappa shape index (κ3) is 5.67. The van der Waals surface area contributed by atoms with Gasteiger partial charge in [0.05, 0.1) is 24.0 Å². The van der Waals surface area contributed by atoms with Crippen LogP contribution in [0.1, 0.15) is 31.4 Å². The van der Waals surface area contributed by atoms with Gasteiger partial charge >= 0.3 is 0 Å². The van der Waals surface area contributed by atoms with Crippen LogP contribution in [0.25, 0.3) is 0 Å². The lowest BCUT2D eigenvalue weighted by Crippen LogP contribution is -2.35. The Morgan fingerprint density at radius 2 is 1.96 bits per heavy atom. The molecule has 23 heavy (non-hydrogen) atoms. The maximum atomic E-state index is 12.1. The molecule has 1 aromatic carbocycles. The molecule has 0 unspecified atom stereocenters. The van der Waals surface area contributed by atoms with Gasteiger partial charge in [-0.3, -0.25) is 9.59 Å². The number of benzene rings is 1. The summed E-state index contributed by atoms with van der Waals surface area (Å²) in [6.45, 7) is 1.77. The zero-order valence-electron chi connectivity index (χ0n) is 13.1. The minimum atomic E-state index is -2.93. The molecule has 1 aliphatic heterocycles. The molecule has 1 aromatic rings.